The lowest BCUT2D eigenvalue weighted by atomic mass is 10.0. The van der Waals surface area contributed by atoms with Crippen molar-refractivity contribution in [3.05, 3.63) is 88.3 Å². The number of benzene rings is 3. The van der Waals surface area contributed by atoms with Crippen molar-refractivity contribution in [2.24, 2.45) is 0 Å². The van der Waals surface area contributed by atoms with Crippen LogP contribution in [0.25, 0.3) is 32.1 Å². The lowest BCUT2D eigenvalue weighted by molar-refractivity contribution is 1.14. The molecule has 1 N–H and O–H groups in total. The van der Waals surface area contributed by atoms with Gasteiger partial charge in [-0.15, -0.1) is 0 Å². The monoisotopic (exact) mass is 493 g/mol. The molecule has 3 aromatic carbocycles. The third-order valence-electron chi connectivity index (χ3n) is 4.80. The molecule has 5 aromatic rings. The number of nitrogens with one attached hydrogen (secondary N) is 1. The van der Waals surface area contributed by atoms with Crippen molar-refractivity contribution >= 4 is 60.0 Å². The highest BCUT2D eigenvalue weighted by Gasteiger charge is 2.09. The third kappa shape index (κ3) is 3.36. The first-order chi connectivity index (χ1) is 13.8. The average molecular weight is 493 g/mol. The maximum atomic E-state index is 4.76. The Hall–Kier alpha value is -2.51. The van der Waals surface area contributed by atoms with Gasteiger partial charge in [-0.25, -0.2) is 4.98 Å². The second-order valence-electron chi connectivity index (χ2n) is 6.54. The number of aromatic nitrogens is 2. The predicted molar refractivity (Wildman–Crippen MR) is 127 cm³/mol. The maximum absolute atomic E-state index is 4.76. The second-order valence-corrected chi connectivity index (χ2v) is 8.73. The molecule has 0 unspecified atom stereocenters. The summed E-state index contributed by atoms with van der Waals surface area (Å²) in [6, 6.07) is 23.4. The number of rotatable bonds is 4. The summed E-state index contributed by atoms with van der Waals surface area (Å²) in [5.41, 5.74) is 4.70. The van der Waals surface area contributed by atoms with Crippen LogP contribution in [0.4, 0.5) is 5.13 Å². The summed E-state index contributed by atoms with van der Waals surface area (Å²) in [4.78, 5) is 8.86. The quantitative estimate of drug-likeness (QED) is 0.282. The lowest BCUT2D eigenvalue weighted by Gasteiger charge is -2.10. The van der Waals surface area contributed by atoms with E-state index in [4.69, 9.17) is 4.98 Å². The molecule has 0 aliphatic rings. The van der Waals surface area contributed by atoms with E-state index < -0.39 is 0 Å². The Morgan fingerprint density at radius 2 is 1.75 bits per heavy atom. The molecule has 0 bridgehead atoms. The molecule has 136 valence electrons. The van der Waals surface area contributed by atoms with E-state index in [2.05, 4.69) is 87.5 Å². The largest absolute Gasteiger partial charge is 0.357 e. The molecule has 2 heterocycles. The van der Waals surface area contributed by atoms with Gasteiger partial charge in [0.1, 0.15) is 0 Å². The van der Waals surface area contributed by atoms with Gasteiger partial charge in [-0.1, -0.05) is 47.7 Å². The third-order valence-corrected chi connectivity index (χ3v) is 6.79. The summed E-state index contributed by atoms with van der Waals surface area (Å²) in [5.74, 6) is 0. The SMILES string of the molecule is Ic1ccc2ccccc2c1CNc1nc2ccc(-c3ccncc3)cc2s1. The van der Waals surface area contributed by atoms with Crippen LogP contribution in [-0.4, -0.2) is 9.97 Å². The summed E-state index contributed by atoms with van der Waals surface area (Å²) in [7, 11) is 0. The predicted octanol–water partition coefficient (Wildman–Crippen LogP) is 6.73. The van der Waals surface area contributed by atoms with Crippen LogP contribution in [0.3, 0.4) is 0 Å². The molecule has 2 aromatic heterocycles. The number of nitrogens with zero attached hydrogens (tertiary/aromatic N) is 2. The van der Waals surface area contributed by atoms with E-state index >= 15 is 0 Å². The lowest BCUT2D eigenvalue weighted by Crippen LogP contribution is -2.01. The summed E-state index contributed by atoms with van der Waals surface area (Å²) < 4.78 is 2.45. The van der Waals surface area contributed by atoms with Gasteiger partial charge in [-0.3, -0.25) is 4.98 Å². The van der Waals surface area contributed by atoms with Crippen LogP contribution in [-0.2, 0) is 6.54 Å². The van der Waals surface area contributed by atoms with Crippen molar-refractivity contribution in [2.45, 2.75) is 6.54 Å². The molecule has 0 fully saturated rings. The summed E-state index contributed by atoms with van der Waals surface area (Å²) in [5, 5.41) is 7.05. The van der Waals surface area contributed by atoms with Gasteiger partial charge in [0.25, 0.3) is 0 Å². The topological polar surface area (TPSA) is 37.8 Å². The van der Waals surface area contributed by atoms with Gasteiger partial charge in [0.15, 0.2) is 5.13 Å². The van der Waals surface area contributed by atoms with Gasteiger partial charge in [0.05, 0.1) is 10.2 Å². The molecule has 0 saturated carbocycles. The van der Waals surface area contributed by atoms with Crippen molar-refractivity contribution in [2.75, 3.05) is 5.32 Å². The second kappa shape index (κ2) is 7.48. The molecule has 28 heavy (non-hydrogen) atoms. The Kier molecular flexibility index (Phi) is 4.70. The average Bonchev–Trinajstić information content (AvgIpc) is 3.16. The molecule has 0 atom stereocenters. The van der Waals surface area contributed by atoms with Crippen LogP contribution in [0.15, 0.2) is 79.1 Å². The zero-order valence-corrected chi connectivity index (χ0v) is 17.9. The van der Waals surface area contributed by atoms with Crippen LogP contribution < -0.4 is 5.32 Å². The van der Waals surface area contributed by atoms with Crippen molar-refractivity contribution in [1.29, 1.82) is 0 Å². The van der Waals surface area contributed by atoms with Gasteiger partial charge < -0.3 is 5.32 Å². The van der Waals surface area contributed by atoms with E-state index in [1.807, 2.05) is 24.5 Å². The number of pyridine rings is 1. The van der Waals surface area contributed by atoms with Crippen LogP contribution in [0.1, 0.15) is 5.56 Å². The van der Waals surface area contributed by atoms with Crippen molar-refractivity contribution in [3.8, 4) is 11.1 Å². The molecule has 5 heteroatoms. The molecule has 0 saturated heterocycles. The van der Waals surface area contributed by atoms with Gasteiger partial charge in [-0.2, -0.15) is 0 Å². The fraction of sp³-hybridized carbons (Fsp3) is 0.0435. The van der Waals surface area contributed by atoms with Crippen molar-refractivity contribution < 1.29 is 0 Å². The molecular weight excluding hydrogens is 477 g/mol. The fourth-order valence-electron chi connectivity index (χ4n) is 3.38. The van der Waals surface area contributed by atoms with E-state index in [1.54, 1.807) is 11.3 Å². The Morgan fingerprint density at radius 1 is 0.893 bits per heavy atom. The smallest absolute Gasteiger partial charge is 0.184 e. The van der Waals surface area contributed by atoms with Crippen LogP contribution in [0.2, 0.25) is 0 Å². The Balaban J connectivity index is 1.44. The summed E-state index contributed by atoms with van der Waals surface area (Å²) in [6.07, 6.45) is 3.65. The number of halogens is 1. The van der Waals surface area contributed by atoms with Gasteiger partial charge in [0, 0.05) is 22.5 Å². The van der Waals surface area contributed by atoms with E-state index in [0.717, 1.165) is 17.2 Å². The molecule has 0 amide bonds. The summed E-state index contributed by atoms with van der Waals surface area (Å²) >= 11 is 4.11. The normalized spacial score (nSPS) is 11.2. The zero-order chi connectivity index (χ0) is 18.9. The molecular formula is C23H16IN3S. The number of anilines is 1. The van der Waals surface area contributed by atoms with Crippen LogP contribution >= 0.6 is 33.9 Å². The minimum Gasteiger partial charge on any atom is -0.357 e. The maximum Gasteiger partial charge on any atom is 0.184 e. The Morgan fingerprint density at radius 3 is 2.64 bits per heavy atom. The van der Waals surface area contributed by atoms with Crippen LogP contribution in [0.5, 0.6) is 0 Å². The Bertz CT molecular complexity index is 1280. The fourth-order valence-corrected chi connectivity index (χ4v) is 4.94. The molecule has 0 radical (unpaired) electrons. The first kappa shape index (κ1) is 17.6. The summed E-state index contributed by atoms with van der Waals surface area (Å²) in [6.45, 7) is 0.761. The highest BCUT2D eigenvalue weighted by molar-refractivity contribution is 14.1. The van der Waals surface area contributed by atoms with E-state index in [1.165, 1.54) is 35.7 Å². The zero-order valence-electron chi connectivity index (χ0n) is 14.9. The number of hydrogen-bond acceptors (Lipinski definition) is 4. The van der Waals surface area contributed by atoms with E-state index in [9.17, 15) is 0 Å². The minimum atomic E-state index is 0.761. The molecule has 0 aliphatic carbocycles. The highest BCUT2D eigenvalue weighted by atomic mass is 127. The molecule has 3 nitrogen and oxygen atoms in total. The Labute approximate surface area is 180 Å². The van der Waals surface area contributed by atoms with Gasteiger partial charge in [0.2, 0.25) is 0 Å². The number of thiazole rings is 1. The highest BCUT2D eigenvalue weighted by Crippen LogP contribution is 2.31. The first-order valence-corrected chi connectivity index (χ1v) is 10.9. The van der Waals surface area contributed by atoms with Gasteiger partial charge in [-0.05, 0) is 80.4 Å². The van der Waals surface area contributed by atoms with E-state index in [-0.39, 0.29) is 0 Å². The van der Waals surface area contributed by atoms with Crippen molar-refractivity contribution in [3.63, 3.8) is 0 Å². The number of fused-ring (bicyclic) bond motifs is 2. The standard InChI is InChI=1S/C23H16IN3S/c24-20-7-5-16-3-1-2-4-18(16)19(20)14-26-23-27-21-8-6-17(13-22(21)28-23)15-9-11-25-12-10-15/h1-13H,14H2,(H,26,27). The first-order valence-electron chi connectivity index (χ1n) is 8.99. The molecule has 5 rings (SSSR count). The van der Waals surface area contributed by atoms with Crippen LogP contribution in [0, 0.1) is 3.57 Å². The molecule has 0 spiro atoms. The van der Waals surface area contributed by atoms with Gasteiger partial charge >= 0.3 is 0 Å². The van der Waals surface area contributed by atoms with E-state index in [0.29, 0.717) is 0 Å². The van der Waals surface area contributed by atoms with Crippen molar-refractivity contribution in [1.82, 2.24) is 9.97 Å². The minimum absolute atomic E-state index is 0.761. The molecule has 0 aliphatic heterocycles. The number of hydrogen-bond donors (Lipinski definition) is 1.